The van der Waals surface area contributed by atoms with Gasteiger partial charge in [0.25, 0.3) is 0 Å². The van der Waals surface area contributed by atoms with Crippen molar-refractivity contribution in [2.75, 3.05) is 26.2 Å². The van der Waals surface area contributed by atoms with Crippen LogP contribution in [0.5, 0.6) is 0 Å². The van der Waals surface area contributed by atoms with Gasteiger partial charge >= 0.3 is 0 Å². The molecule has 108 valence electrons. The maximum absolute atomic E-state index is 12.5. The van der Waals surface area contributed by atoms with Gasteiger partial charge < -0.3 is 9.80 Å². The third kappa shape index (κ3) is 3.48. The van der Waals surface area contributed by atoms with E-state index >= 15 is 0 Å². The second-order valence-corrected chi connectivity index (χ2v) is 6.16. The molecule has 0 aromatic rings. The molecular formula is C15H26N2O2. The Balaban J connectivity index is 1.92. The number of piperidine rings is 2. The largest absolute Gasteiger partial charge is 0.342 e. The van der Waals surface area contributed by atoms with E-state index in [4.69, 9.17) is 0 Å². The normalized spacial score (nSPS) is 24.7. The van der Waals surface area contributed by atoms with Crippen molar-refractivity contribution in [2.24, 2.45) is 11.8 Å². The van der Waals surface area contributed by atoms with Crippen LogP contribution in [0, 0.1) is 11.8 Å². The monoisotopic (exact) mass is 266 g/mol. The van der Waals surface area contributed by atoms with Gasteiger partial charge in [-0.1, -0.05) is 13.8 Å². The summed E-state index contributed by atoms with van der Waals surface area (Å²) in [5.74, 6) is 0.537. The first-order valence-electron chi connectivity index (χ1n) is 7.67. The molecule has 2 aliphatic heterocycles. The average molecular weight is 266 g/mol. The molecule has 4 heteroatoms. The minimum Gasteiger partial charge on any atom is -0.342 e. The van der Waals surface area contributed by atoms with E-state index in [1.807, 2.05) is 23.6 Å². The van der Waals surface area contributed by atoms with Crippen molar-refractivity contribution >= 4 is 11.8 Å². The molecule has 19 heavy (non-hydrogen) atoms. The number of hydrogen-bond acceptors (Lipinski definition) is 2. The van der Waals surface area contributed by atoms with Gasteiger partial charge in [-0.2, -0.15) is 0 Å². The number of hydrogen-bond donors (Lipinski definition) is 0. The predicted octanol–water partition coefficient (Wildman–Crippen LogP) is 1.89. The number of carbonyl (C=O) groups excluding carboxylic acids is 2. The van der Waals surface area contributed by atoms with Crippen molar-refractivity contribution in [3.63, 3.8) is 0 Å². The summed E-state index contributed by atoms with van der Waals surface area (Å²) in [5, 5.41) is 0. The fourth-order valence-corrected chi connectivity index (χ4v) is 3.12. The lowest BCUT2D eigenvalue weighted by molar-refractivity contribution is -0.142. The fourth-order valence-electron chi connectivity index (χ4n) is 3.12. The summed E-state index contributed by atoms with van der Waals surface area (Å²) in [6, 6.07) is 0. The molecule has 4 nitrogen and oxygen atoms in total. The molecular weight excluding hydrogens is 240 g/mol. The second-order valence-electron chi connectivity index (χ2n) is 6.16. The van der Waals surface area contributed by atoms with Gasteiger partial charge in [-0.05, 0) is 32.1 Å². The van der Waals surface area contributed by atoms with Crippen molar-refractivity contribution in [3.8, 4) is 0 Å². The first kappa shape index (κ1) is 14.4. The van der Waals surface area contributed by atoms with Crippen molar-refractivity contribution in [3.05, 3.63) is 0 Å². The molecule has 2 aliphatic rings. The van der Waals surface area contributed by atoms with E-state index in [1.54, 1.807) is 0 Å². The lowest BCUT2D eigenvalue weighted by Gasteiger charge is -2.36. The lowest BCUT2D eigenvalue weighted by atomic mass is 9.94. The Kier molecular flexibility index (Phi) is 4.83. The summed E-state index contributed by atoms with van der Waals surface area (Å²) in [4.78, 5) is 28.4. The Bertz CT molecular complexity index is 335. The van der Waals surface area contributed by atoms with E-state index in [2.05, 4.69) is 0 Å². The van der Waals surface area contributed by atoms with Crippen molar-refractivity contribution < 1.29 is 9.59 Å². The molecule has 0 aromatic carbocycles. The van der Waals surface area contributed by atoms with Crippen LogP contribution >= 0.6 is 0 Å². The van der Waals surface area contributed by atoms with E-state index in [0.29, 0.717) is 6.54 Å². The summed E-state index contributed by atoms with van der Waals surface area (Å²) >= 11 is 0. The topological polar surface area (TPSA) is 40.6 Å². The summed E-state index contributed by atoms with van der Waals surface area (Å²) in [5.41, 5.74) is 0. The number of likely N-dealkylation sites (tertiary alicyclic amines) is 2. The average Bonchev–Trinajstić information content (AvgIpc) is 2.46. The Labute approximate surface area is 116 Å². The molecule has 2 heterocycles. The third-order valence-corrected chi connectivity index (χ3v) is 4.24. The van der Waals surface area contributed by atoms with Gasteiger partial charge in [0.05, 0.1) is 5.92 Å². The summed E-state index contributed by atoms with van der Waals surface area (Å²) in [7, 11) is 0. The highest BCUT2D eigenvalue weighted by molar-refractivity contribution is 5.82. The molecule has 0 aromatic heterocycles. The molecule has 1 unspecified atom stereocenters. The van der Waals surface area contributed by atoms with Gasteiger partial charge in [0, 0.05) is 32.1 Å². The SMILES string of the molecule is CC(C)C(=O)N1CCCC(C(=O)N2CCCCC2)C1. The lowest BCUT2D eigenvalue weighted by Crippen LogP contribution is -2.48. The van der Waals surface area contributed by atoms with Gasteiger partial charge in [0.1, 0.15) is 0 Å². The van der Waals surface area contributed by atoms with Crippen LogP contribution in [-0.4, -0.2) is 47.8 Å². The van der Waals surface area contributed by atoms with Gasteiger partial charge in [-0.3, -0.25) is 9.59 Å². The first-order valence-corrected chi connectivity index (χ1v) is 7.67. The third-order valence-electron chi connectivity index (χ3n) is 4.24. The zero-order chi connectivity index (χ0) is 13.8. The molecule has 2 rings (SSSR count). The standard InChI is InChI=1S/C15H26N2O2/c1-12(2)14(18)17-10-6-7-13(11-17)15(19)16-8-4-3-5-9-16/h12-13H,3-11H2,1-2H3. The highest BCUT2D eigenvalue weighted by atomic mass is 16.2. The highest BCUT2D eigenvalue weighted by Gasteiger charge is 2.32. The van der Waals surface area contributed by atoms with Crippen LogP contribution in [0.15, 0.2) is 0 Å². The van der Waals surface area contributed by atoms with E-state index < -0.39 is 0 Å². The molecule has 0 saturated carbocycles. The molecule has 0 radical (unpaired) electrons. The molecule has 0 N–H and O–H groups in total. The minimum atomic E-state index is 0.0313. The molecule has 0 aliphatic carbocycles. The van der Waals surface area contributed by atoms with Gasteiger partial charge in [0.15, 0.2) is 0 Å². The van der Waals surface area contributed by atoms with Crippen LogP contribution in [-0.2, 0) is 9.59 Å². The van der Waals surface area contributed by atoms with Crippen LogP contribution in [0.2, 0.25) is 0 Å². The predicted molar refractivity (Wildman–Crippen MR) is 74.6 cm³/mol. The zero-order valence-electron chi connectivity index (χ0n) is 12.2. The Morgan fingerprint density at radius 2 is 1.58 bits per heavy atom. The highest BCUT2D eigenvalue weighted by Crippen LogP contribution is 2.22. The van der Waals surface area contributed by atoms with E-state index in [-0.39, 0.29) is 23.7 Å². The second kappa shape index (κ2) is 6.40. The Morgan fingerprint density at radius 3 is 2.21 bits per heavy atom. The first-order chi connectivity index (χ1) is 9.09. The van der Waals surface area contributed by atoms with Crippen LogP contribution in [0.1, 0.15) is 46.0 Å². The van der Waals surface area contributed by atoms with Crippen LogP contribution in [0.3, 0.4) is 0 Å². The summed E-state index contributed by atoms with van der Waals surface area (Å²) in [6.45, 7) is 7.13. The molecule has 2 saturated heterocycles. The smallest absolute Gasteiger partial charge is 0.227 e. The van der Waals surface area contributed by atoms with E-state index in [9.17, 15) is 9.59 Å². The fraction of sp³-hybridized carbons (Fsp3) is 0.867. The van der Waals surface area contributed by atoms with Gasteiger partial charge in [0.2, 0.25) is 11.8 Å². The maximum atomic E-state index is 12.5. The quantitative estimate of drug-likeness (QED) is 0.766. The van der Waals surface area contributed by atoms with Crippen LogP contribution in [0.25, 0.3) is 0 Å². The van der Waals surface area contributed by atoms with Crippen molar-refractivity contribution in [1.29, 1.82) is 0 Å². The molecule has 2 amide bonds. The number of nitrogens with zero attached hydrogens (tertiary/aromatic N) is 2. The summed E-state index contributed by atoms with van der Waals surface area (Å²) in [6.07, 6.45) is 5.41. The number of amides is 2. The molecule has 0 spiro atoms. The number of rotatable bonds is 2. The van der Waals surface area contributed by atoms with E-state index in [0.717, 1.165) is 45.3 Å². The number of carbonyl (C=O) groups is 2. The Morgan fingerprint density at radius 1 is 0.947 bits per heavy atom. The van der Waals surface area contributed by atoms with Crippen LogP contribution < -0.4 is 0 Å². The molecule has 0 bridgehead atoms. The maximum Gasteiger partial charge on any atom is 0.227 e. The van der Waals surface area contributed by atoms with Crippen molar-refractivity contribution in [2.45, 2.75) is 46.0 Å². The van der Waals surface area contributed by atoms with E-state index in [1.165, 1.54) is 6.42 Å². The summed E-state index contributed by atoms with van der Waals surface area (Å²) < 4.78 is 0. The van der Waals surface area contributed by atoms with Gasteiger partial charge in [-0.15, -0.1) is 0 Å². The van der Waals surface area contributed by atoms with Crippen LogP contribution in [0.4, 0.5) is 0 Å². The Hall–Kier alpha value is -1.06. The van der Waals surface area contributed by atoms with Gasteiger partial charge in [-0.25, -0.2) is 0 Å². The zero-order valence-corrected chi connectivity index (χ0v) is 12.2. The molecule has 2 fully saturated rings. The van der Waals surface area contributed by atoms with Crippen molar-refractivity contribution in [1.82, 2.24) is 9.80 Å². The molecule has 1 atom stereocenters. The minimum absolute atomic E-state index is 0.0313.